The van der Waals surface area contributed by atoms with Crippen LogP contribution >= 0.6 is 0 Å². The molecule has 0 amide bonds. The maximum absolute atomic E-state index is 8.89. The molecule has 1 fully saturated rings. The zero-order valence-electron chi connectivity index (χ0n) is 6.83. The van der Waals surface area contributed by atoms with Crippen LogP contribution in [0.15, 0.2) is 18.3 Å². The predicted octanol–water partition coefficient (Wildman–Crippen LogP) is 0.608. The van der Waals surface area contributed by atoms with Crippen LogP contribution in [0, 0.1) is 0 Å². The van der Waals surface area contributed by atoms with E-state index >= 15 is 0 Å². The van der Waals surface area contributed by atoms with E-state index in [1.165, 1.54) is 0 Å². The Balaban J connectivity index is 2.19. The Morgan fingerprint density at radius 2 is 2.50 bits per heavy atom. The fourth-order valence-corrected chi connectivity index (χ4v) is 1.32. The van der Waals surface area contributed by atoms with Crippen molar-refractivity contribution in [3.8, 4) is 0 Å². The molecule has 0 bridgehead atoms. The van der Waals surface area contributed by atoms with E-state index < -0.39 is 0 Å². The van der Waals surface area contributed by atoms with Gasteiger partial charge < -0.3 is 10.4 Å². The summed E-state index contributed by atoms with van der Waals surface area (Å²) in [5.74, 6) is 0. The van der Waals surface area contributed by atoms with Crippen LogP contribution in [0.3, 0.4) is 0 Å². The highest BCUT2D eigenvalue weighted by Crippen LogP contribution is 2.20. The van der Waals surface area contributed by atoms with Gasteiger partial charge in [-0.05, 0) is 30.7 Å². The maximum Gasteiger partial charge on any atom is 0.0683 e. The number of pyridine rings is 1. The lowest BCUT2D eigenvalue weighted by atomic mass is 10.0. The third-order valence-corrected chi connectivity index (χ3v) is 2.21. The number of aromatic nitrogens is 1. The second-order valence-electron chi connectivity index (χ2n) is 3.04. The van der Waals surface area contributed by atoms with Crippen LogP contribution in [-0.4, -0.2) is 16.6 Å². The number of nitrogens with zero attached hydrogens (tertiary/aromatic N) is 1. The van der Waals surface area contributed by atoms with Crippen LogP contribution in [0.4, 0.5) is 0 Å². The summed E-state index contributed by atoms with van der Waals surface area (Å²) in [7, 11) is 0. The first-order valence-corrected chi connectivity index (χ1v) is 4.19. The van der Waals surface area contributed by atoms with Gasteiger partial charge in [0.25, 0.3) is 0 Å². The van der Waals surface area contributed by atoms with Gasteiger partial charge in [-0.2, -0.15) is 0 Å². The lowest BCUT2D eigenvalue weighted by Crippen LogP contribution is -2.35. The first-order valence-electron chi connectivity index (χ1n) is 4.19. The number of aliphatic hydroxyl groups excluding tert-OH is 1. The molecule has 0 saturated carbocycles. The largest absolute Gasteiger partial charge is 0.392 e. The van der Waals surface area contributed by atoms with Crippen molar-refractivity contribution in [2.45, 2.75) is 19.1 Å². The van der Waals surface area contributed by atoms with Crippen LogP contribution in [0.5, 0.6) is 0 Å². The molecule has 3 heteroatoms. The van der Waals surface area contributed by atoms with Gasteiger partial charge in [0.1, 0.15) is 0 Å². The van der Waals surface area contributed by atoms with Gasteiger partial charge in [0.2, 0.25) is 0 Å². The summed E-state index contributed by atoms with van der Waals surface area (Å²) in [5.41, 5.74) is 1.99. The highest BCUT2D eigenvalue weighted by Gasteiger charge is 2.19. The van der Waals surface area contributed by atoms with Crippen LogP contribution in [-0.2, 0) is 6.61 Å². The fraction of sp³-hybridized carbons (Fsp3) is 0.444. The third-order valence-electron chi connectivity index (χ3n) is 2.21. The summed E-state index contributed by atoms with van der Waals surface area (Å²) in [6.07, 6.45) is 2.91. The third kappa shape index (κ3) is 1.33. The molecule has 1 unspecified atom stereocenters. The van der Waals surface area contributed by atoms with E-state index in [9.17, 15) is 0 Å². The van der Waals surface area contributed by atoms with Gasteiger partial charge in [-0.15, -0.1) is 0 Å². The number of hydrogen-bond acceptors (Lipinski definition) is 3. The lowest BCUT2D eigenvalue weighted by molar-refractivity contribution is 0.281. The van der Waals surface area contributed by atoms with Crippen LogP contribution in [0.1, 0.15) is 23.7 Å². The predicted molar refractivity (Wildman–Crippen MR) is 45.5 cm³/mol. The molecule has 0 aliphatic carbocycles. The molecule has 1 atom stereocenters. The molecule has 1 aromatic heterocycles. The zero-order chi connectivity index (χ0) is 8.39. The average molecular weight is 164 g/mol. The van der Waals surface area contributed by atoms with E-state index in [-0.39, 0.29) is 6.61 Å². The molecule has 1 saturated heterocycles. The minimum Gasteiger partial charge on any atom is -0.392 e. The van der Waals surface area contributed by atoms with Crippen LogP contribution in [0.2, 0.25) is 0 Å². The van der Waals surface area contributed by atoms with Crippen molar-refractivity contribution in [2.75, 3.05) is 6.54 Å². The van der Waals surface area contributed by atoms with Crippen molar-refractivity contribution in [3.05, 3.63) is 29.6 Å². The van der Waals surface area contributed by atoms with Gasteiger partial charge in [-0.3, -0.25) is 4.98 Å². The quantitative estimate of drug-likeness (QED) is 0.673. The van der Waals surface area contributed by atoms with Gasteiger partial charge in [0.15, 0.2) is 0 Å². The van der Waals surface area contributed by atoms with Gasteiger partial charge in [-0.1, -0.05) is 0 Å². The van der Waals surface area contributed by atoms with Crippen molar-refractivity contribution in [2.24, 2.45) is 0 Å². The fourth-order valence-electron chi connectivity index (χ4n) is 1.32. The summed E-state index contributed by atoms with van der Waals surface area (Å²) in [4.78, 5) is 4.24. The highest BCUT2D eigenvalue weighted by molar-refractivity contribution is 5.19. The van der Waals surface area contributed by atoms with Crippen LogP contribution < -0.4 is 5.32 Å². The molecular weight excluding hydrogens is 152 g/mol. The standard InChI is InChI=1S/C9H12N2O/c12-6-7-1-3-11-9(5-7)8-2-4-10-8/h1,3,5,8,10,12H,2,4,6H2. The molecule has 2 rings (SSSR count). The van der Waals surface area contributed by atoms with Crippen LogP contribution in [0.25, 0.3) is 0 Å². The van der Waals surface area contributed by atoms with Crippen molar-refractivity contribution in [1.82, 2.24) is 10.3 Å². The summed E-state index contributed by atoms with van der Waals surface area (Å²) in [6.45, 7) is 1.18. The second-order valence-corrected chi connectivity index (χ2v) is 3.04. The number of hydrogen-bond donors (Lipinski definition) is 2. The maximum atomic E-state index is 8.89. The van der Waals surface area contributed by atoms with Gasteiger partial charge in [0, 0.05) is 6.20 Å². The number of rotatable bonds is 2. The average Bonchev–Trinajstić information content (AvgIpc) is 2.02. The summed E-state index contributed by atoms with van der Waals surface area (Å²) in [6, 6.07) is 4.20. The van der Waals surface area contributed by atoms with Crippen molar-refractivity contribution in [3.63, 3.8) is 0 Å². The first-order chi connectivity index (χ1) is 5.90. The molecule has 12 heavy (non-hydrogen) atoms. The molecule has 1 aromatic rings. The Morgan fingerprint density at radius 3 is 3.08 bits per heavy atom. The SMILES string of the molecule is OCc1ccnc(C2CCN2)c1. The first kappa shape index (κ1) is 7.71. The van der Waals surface area contributed by atoms with Gasteiger partial charge in [0.05, 0.1) is 18.3 Å². The smallest absolute Gasteiger partial charge is 0.0683 e. The Morgan fingerprint density at radius 1 is 1.67 bits per heavy atom. The summed E-state index contributed by atoms with van der Waals surface area (Å²) >= 11 is 0. The lowest BCUT2D eigenvalue weighted by Gasteiger charge is -2.27. The van der Waals surface area contributed by atoms with Gasteiger partial charge in [-0.25, -0.2) is 0 Å². The second kappa shape index (κ2) is 3.21. The van der Waals surface area contributed by atoms with Crippen molar-refractivity contribution >= 4 is 0 Å². The molecule has 0 spiro atoms. The Bertz CT molecular complexity index is 271. The molecule has 2 heterocycles. The molecule has 64 valence electrons. The zero-order valence-corrected chi connectivity index (χ0v) is 6.83. The Labute approximate surface area is 71.4 Å². The summed E-state index contributed by atoms with van der Waals surface area (Å²) < 4.78 is 0. The molecule has 1 aliphatic heterocycles. The molecule has 1 aliphatic rings. The van der Waals surface area contributed by atoms with E-state index in [4.69, 9.17) is 5.11 Å². The monoisotopic (exact) mass is 164 g/mol. The Kier molecular flexibility index (Phi) is 2.06. The molecular formula is C9H12N2O. The Hall–Kier alpha value is -0.930. The topological polar surface area (TPSA) is 45.2 Å². The van der Waals surface area contributed by atoms with E-state index in [0.717, 1.165) is 24.2 Å². The number of nitrogens with one attached hydrogen (secondary N) is 1. The van der Waals surface area contributed by atoms with E-state index in [1.807, 2.05) is 12.1 Å². The molecule has 0 aromatic carbocycles. The van der Waals surface area contributed by atoms with E-state index in [0.29, 0.717) is 6.04 Å². The van der Waals surface area contributed by atoms with E-state index in [1.54, 1.807) is 6.20 Å². The highest BCUT2D eigenvalue weighted by atomic mass is 16.3. The van der Waals surface area contributed by atoms with E-state index in [2.05, 4.69) is 10.3 Å². The normalized spacial score (nSPS) is 21.9. The molecule has 3 nitrogen and oxygen atoms in total. The minimum atomic E-state index is 0.0994. The molecule has 0 radical (unpaired) electrons. The van der Waals surface area contributed by atoms with Gasteiger partial charge >= 0.3 is 0 Å². The van der Waals surface area contributed by atoms with Crippen molar-refractivity contribution in [1.29, 1.82) is 0 Å². The molecule has 2 N–H and O–H groups in total. The number of aliphatic hydroxyl groups is 1. The summed E-state index contributed by atoms with van der Waals surface area (Å²) in [5, 5.41) is 12.2. The van der Waals surface area contributed by atoms with Crippen molar-refractivity contribution < 1.29 is 5.11 Å². The minimum absolute atomic E-state index is 0.0994.